The molecule has 33 heavy (non-hydrogen) atoms. The van der Waals surface area contributed by atoms with Gasteiger partial charge in [-0.05, 0) is 77.4 Å². The second-order valence-corrected chi connectivity index (χ2v) is 10.6. The van der Waals surface area contributed by atoms with Crippen LogP contribution in [-0.4, -0.2) is 41.7 Å². The number of amides is 1. The molecule has 2 atom stereocenters. The minimum absolute atomic E-state index is 0.0267. The highest BCUT2D eigenvalue weighted by Crippen LogP contribution is 2.46. The van der Waals surface area contributed by atoms with Gasteiger partial charge in [-0.15, -0.1) is 0 Å². The zero-order chi connectivity index (χ0) is 22.6. The monoisotopic (exact) mass is 441 g/mol. The summed E-state index contributed by atoms with van der Waals surface area (Å²) in [7, 11) is 0. The topological polar surface area (TPSA) is 54.5 Å². The predicted octanol–water partition coefficient (Wildman–Crippen LogP) is 5.35. The van der Waals surface area contributed by atoms with Crippen LogP contribution in [0.1, 0.15) is 43.9 Å². The molecule has 1 aromatic heterocycles. The number of rotatable bonds is 3. The molecule has 7 rings (SSSR count). The van der Waals surface area contributed by atoms with Crippen molar-refractivity contribution in [3.05, 3.63) is 66.0 Å². The van der Waals surface area contributed by atoms with Crippen LogP contribution in [0.15, 0.2) is 54.9 Å². The van der Waals surface area contributed by atoms with Crippen LogP contribution in [-0.2, 0) is 11.2 Å². The summed E-state index contributed by atoms with van der Waals surface area (Å²) in [4.78, 5) is 19.7. The summed E-state index contributed by atoms with van der Waals surface area (Å²) in [6.45, 7) is 7.63. The lowest BCUT2D eigenvalue weighted by molar-refractivity contribution is -0.0348. The maximum absolute atomic E-state index is 12.9. The van der Waals surface area contributed by atoms with Gasteiger partial charge in [0.1, 0.15) is 6.10 Å². The van der Waals surface area contributed by atoms with Gasteiger partial charge in [-0.2, -0.15) is 0 Å². The van der Waals surface area contributed by atoms with E-state index < -0.39 is 0 Å². The molecule has 0 spiro atoms. The normalized spacial score (nSPS) is 27.3. The van der Waals surface area contributed by atoms with E-state index in [1.165, 1.54) is 27.6 Å². The third-order valence-corrected chi connectivity index (χ3v) is 7.99. The van der Waals surface area contributed by atoms with E-state index in [9.17, 15) is 4.79 Å². The van der Waals surface area contributed by atoms with Crippen molar-refractivity contribution >= 4 is 16.9 Å². The molecule has 1 aliphatic carbocycles. The van der Waals surface area contributed by atoms with E-state index in [2.05, 4.69) is 71.5 Å². The number of nitrogens with one attached hydrogen (secondary N) is 1. The minimum Gasteiger partial charge on any atom is -0.445 e. The van der Waals surface area contributed by atoms with Crippen LogP contribution < -0.4 is 5.32 Å². The van der Waals surface area contributed by atoms with Crippen molar-refractivity contribution in [3.8, 4) is 11.1 Å². The number of ether oxygens (including phenoxy) is 1. The molecular weight excluding hydrogens is 410 g/mol. The molecule has 5 nitrogen and oxygen atoms in total. The van der Waals surface area contributed by atoms with Crippen LogP contribution in [0.4, 0.5) is 4.79 Å². The van der Waals surface area contributed by atoms with E-state index >= 15 is 0 Å². The Hall–Kier alpha value is -2.92. The number of nitrogens with zero attached hydrogens (tertiary/aromatic N) is 2. The van der Waals surface area contributed by atoms with Gasteiger partial charge < -0.3 is 10.1 Å². The van der Waals surface area contributed by atoms with Gasteiger partial charge >= 0.3 is 6.09 Å². The molecule has 3 fully saturated rings. The molecular formula is C28H31N3O2. The lowest BCUT2D eigenvalue weighted by Gasteiger charge is -2.44. The van der Waals surface area contributed by atoms with Crippen molar-refractivity contribution in [2.75, 3.05) is 19.6 Å². The fourth-order valence-electron chi connectivity index (χ4n) is 6.19. The highest BCUT2D eigenvalue weighted by atomic mass is 16.6. The van der Waals surface area contributed by atoms with Crippen LogP contribution in [0.2, 0.25) is 0 Å². The second-order valence-electron chi connectivity index (χ2n) is 10.6. The maximum atomic E-state index is 12.9. The molecule has 5 heteroatoms. The Balaban J connectivity index is 1.25. The quantitative estimate of drug-likeness (QED) is 0.596. The van der Waals surface area contributed by atoms with Crippen LogP contribution in [0.5, 0.6) is 0 Å². The zero-order valence-electron chi connectivity index (χ0n) is 19.4. The van der Waals surface area contributed by atoms with E-state index in [-0.39, 0.29) is 23.7 Å². The number of aromatic nitrogens is 1. The van der Waals surface area contributed by atoms with Gasteiger partial charge in [0.2, 0.25) is 0 Å². The Bertz CT molecular complexity index is 1210. The molecule has 3 aliphatic heterocycles. The first-order valence-corrected chi connectivity index (χ1v) is 12.1. The Morgan fingerprint density at radius 2 is 2.00 bits per heavy atom. The highest BCUT2D eigenvalue weighted by Gasteiger charge is 2.42. The Morgan fingerprint density at radius 3 is 2.79 bits per heavy atom. The van der Waals surface area contributed by atoms with Gasteiger partial charge in [0.05, 0.1) is 6.04 Å². The van der Waals surface area contributed by atoms with Gasteiger partial charge in [0, 0.05) is 24.3 Å². The first kappa shape index (κ1) is 20.7. The van der Waals surface area contributed by atoms with Gasteiger partial charge in [0.15, 0.2) is 0 Å². The van der Waals surface area contributed by atoms with Crippen molar-refractivity contribution in [3.63, 3.8) is 0 Å². The lowest BCUT2D eigenvalue weighted by atomic mass is 9.85. The van der Waals surface area contributed by atoms with Crippen molar-refractivity contribution < 1.29 is 9.53 Å². The minimum atomic E-state index is -0.274. The number of hydrogen-bond acceptors (Lipinski definition) is 4. The molecule has 1 amide bonds. The van der Waals surface area contributed by atoms with Crippen molar-refractivity contribution in [2.45, 2.75) is 45.3 Å². The Morgan fingerprint density at radius 1 is 1.15 bits per heavy atom. The number of carbonyl (C=O) groups excluding carboxylic acids is 1. The Labute approximate surface area is 195 Å². The van der Waals surface area contributed by atoms with Crippen molar-refractivity contribution in [1.29, 1.82) is 0 Å². The summed E-state index contributed by atoms with van der Waals surface area (Å²) in [5.41, 5.74) is 4.81. The summed E-state index contributed by atoms with van der Waals surface area (Å²) in [5, 5.41) is 5.58. The number of benzene rings is 2. The van der Waals surface area contributed by atoms with Crippen LogP contribution in [0, 0.1) is 11.3 Å². The largest absolute Gasteiger partial charge is 0.445 e. The van der Waals surface area contributed by atoms with Crippen LogP contribution in [0.3, 0.4) is 0 Å². The van der Waals surface area contributed by atoms with Crippen molar-refractivity contribution in [2.24, 2.45) is 11.3 Å². The van der Waals surface area contributed by atoms with E-state index in [1.54, 1.807) is 0 Å². The molecule has 4 heterocycles. The van der Waals surface area contributed by atoms with Crippen LogP contribution in [0.25, 0.3) is 21.9 Å². The zero-order valence-corrected chi connectivity index (χ0v) is 19.4. The third-order valence-electron chi connectivity index (χ3n) is 7.99. The van der Waals surface area contributed by atoms with Crippen molar-refractivity contribution in [1.82, 2.24) is 15.2 Å². The maximum Gasteiger partial charge on any atom is 0.407 e. The average Bonchev–Trinajstić information content (AvgIpc) is 3.08. The first-order valence-electron chi connectivity index (χ1n) is 12.1. The van der Waals surface area contributed by atoms with E-state index in [0.29, 0.717) is 5.92 Å². The third kappa shape index (κ3) is 3.68. The predicted molar refractivity (Wildman–Crippen MR) is 130 cm³/mol. The van der Waals surface area contributed by atoms with E-state index in [4.69, 9.17) is 4.74 Å². The number of hydrogen-bond donors (Lipinski definition) is 1. The lowest BCUT2D eigenvalue weighted by Crippen LogP contribution is -2.53. The van der Waals surface area contributed by atoms with Gasteiger partial charge in [0.25, 0.3) is 0 Å². The molecule has 1 unspecified atom stereocenters. The number of carbonyl (C=O) groups is 1. The standard InChI is InChI=1S/C28H31N3O2/c1-28(2)15-21-14-20(22-5-3-4-18-8-11-29-16-24(18)22)6-7-23(21)26(28)30-27(32)33-25-17-31-12-9-19(25)10-13-31/h3-8,11,14,16,19,25-26H,9-10,12-13,15,17H2,1-2H3,(H,30,32)/t25-,26?/m1/s1. The summed E-state index contributed by atoms with van der Waals surface area (Å²) in [6.07, 6.45) is 6.73. The summed E-state index contributed by atoms with van der Waals surface area (Å²) in [6, 6.07) is 15.0. The Kier molecular flexibility index (Phi) is 4.91. The van der Waals surface area contributed by atoms with Crippen LogP contribution >= 0.6 is 0 Å². The van der Waals surface area contributed by atoms with Gasteiger partial charge in [-0.25, -0.2) is 4.79 Å². The molecule has 2 aromatic carbocycles. The fraction of sp³-hybridized carbons (Fsp3) is 0.429. The number of pyridine rings is 1. The fourth-order valence-corrected chi connectivity index (χ4v) is 6.19. The van der Waals surface area contributed by atoms with Gasteiger partial charge in [-0.3, -0.25) is 9.88 Å². The first-order chi connectivity index (χ1) is 16.0. The molecule has 170 valence electrons. The molecule has 4 aliphatic rings. The average molecular weight is 442 g/mol. The summed E-state index contributed by atoms with van der Waals surface area (Å²) >= 11 is 0. The SMILES string of the molecule is CC1(C)Cc2cc(-c3cccc4ccncc34)ccc2C1NC(=O)O[C@@H]1CN2CCC1CC2. The molecule has 3 aromatic rings. The molecule has 3 saturated heterocycles. The number of piperidine rings is 3. The summed E-state index contributed by atoms with van der Waals surface area (Å²) < 4.78 is 5.94. The molecule has 0 radical (unpaired) electrons. The molecule has 0 saturated carbocycles. The van der Waals surface area contributed by atoms with Gasteiger partial charge in [-0.1, -0.05) is 50.2 Å². The smallest absolute Gasteiger partial charge is 0.407 e. The van der Waals surface area contributed by atoms with E-state index in [0.717, 1.165) is 44.3 Å². The molecule has 1 N–H and O–H groups in total. The molecule has 2 bridgehead atoms. The second kappa shape index (κ2) is 7.84. The summed E-state index contributed by atoms with van der Waals surface area (Å²) in [5.74, 6) is 0.516. The van der Waals surface area contributed by atoms with E-state index in [1.807, 2.05) is 12.4 Å². The highest BCUT2D eigenvalue weighted by molar-refractivity contribution is 5.96. The number of fused-ring (bicyclic) bond motifs is 5. The number of alkyl carbamates (subject to hydrolysis) is 1.